The van der Waals surface area contributed by atoms with Crippen molar-refractivity contribution < 1.29 is 9.18 Å². The standard InChI is InChI=1S/C22H22FN5O2S/c1-14-15(2)31-21-20(14)22(30)28(13-25-21)7-6-19(29)27-10-8-26(9-11-27)18-5-3-4-17(23)16(18)12-24/h3-5,13H,6-11H2,1-2H3. The minimum absolute atomic E-state index is 0.0310. The van der Waals surface area contributed by atoms with E-state index in [0.29, 0.717) is 37.3 Å². The van der Waals surface area contributed by atoms with Gasteiger partial charge in [-0.1, -0.05) is 6.07 Å². The Kier molecular flexibility index (Phi) is 5.74. The summed E-state index contributed by atoms with van der Waals surface area (Å²) < 4.78 is 15.4. The fourth-order valence-electron chi connectivity index (χ4n) is 3.89. The molecule has 3 heterocycles. The summed E-state index contributed by atoms with van der Waals surface area (Å²) in [5.41, 5.74) is 1.42. The number of thiophene rings is 1. The Hall–Kier alpha value is -3.25. The summed E-state index contributed by atoms with van der Waals surface area (Å²) in [7, 11) is 0. The molecule has 1 aliphatic rings. The van der Waals surface area contributed by atoms with Crippen LogP contribution in [-0.2, 0) is 11.3 Å². The Morgan fingerprint density at radius 3 is 2.71 bits per heavy atom. The van der Waals surface area contributed by atoms with Crippen molar-refractivity contribution in [2.24, 2.45) is 0 Å². The van der Waals surface area contributed by atoms with Crippen molar-refractivity contribution in [3.8, 4) is 6.07 Å². The Morgan fingerprint density at radius 2 is 2.00 bits per heavy atom. The van der Waals surface area contributed by atoms with Crippen LogP contribution >= 0.6 is 11.3 Å². The molecule has 1 aromatic carbocycles. The number of hydrogen-bond acceptors (Lipinski definition) is 6. The van der Waals surface area contributed by atoms with Gasteiger partial charge < -0.3 is 9.80 Å². The second-order valence-electron chi connectivity index (χ2n) is 7.57. The molecule has 0 atom stereocenters. The molecule has 1 aliphatic heterocycles. The number of nitriles is 1. The molecule has 0 N–H and O–H groups in total. The molecule has 4 rings (SSSR count). The molecule has 0 spiro atoms. The largest absolute Gasteiger partial charge is 0.367 e. The first-order valence-electron chi connectivity index (χ1n) is 10.1. The SMILES string of the molecule is Cc1sc2ncn(CCC(=O)N3CCN(c4cccc(F)c4C#N)CC3)c(=O)c2c1C. The first-order chi connectivity index (χ1) is 14.9. The van der Waals surface area contributed by atoms with Gasteiger partial charge in [-0.2, -0.15) is 5.26 Å². The molecule has 1 fully saturated rings. The minimum atomic E-state index is -0.537. The molecule has 1 saturated heterocycles. The average Bonchev–Trinajstić information content (AvgIpc) is 3.07. The predicted molar refractivity (Wildman–Crippen MR) is 118 cm³/mol. The van der Waals surface area contributed by atoms with Crippen LogP contribution in [0.25, 0.3) is 10.2 Å². The third-order valence-electron chi connectivity index (χ3n) is 5.80. The number of carbonyl (C=O) groups is 1. The number of anilines is 1. The maximum absolute atomic E-state index is 13.9. The molecular formula is C22H22FN5O2S. The molecule has 0 unspecified atom stereocenters. The van der Waals surface area contributed by atoms with Crippen LogP contribution in [0.5, 0.6) is 0 Å². The maximum Gasteiger partial charge on any atom is 0.262 e. The van der Waals surface area contributed by atoms with Crippen molar-refractivity contribution in [1.82, 2.24) is 14.5 Å². The Morgan fingerprint density at radius 1 is 1.26 bits per heavy atom. The Labute approximate surface area is 183 Å². The zero-order valence-electron chi connectivity index (χ0n) is 17.4. The highest BCUT2D eigenvalue weighted by Gasteiger charge is 2.23. The lowest BCUT2D eigenvalue weighted by molar-refractivity contribution is -0.131. The Balaban J connectivity index is 1.39. The van der Waals surface area contributed by atoms with Crippen LogP contribution in [0.4, 0.5) is 10.1 Å². The number of halogens is 1. The van der Waals surface area contributed by atoms with Gasteiger partial charge in [0.1, 0.15) is 22.3 Å². The number of carbonyl (C=O) groups excluding carboxylic acids is 1. The van der Waals surface area contributed by atoms with Gasteiger partial charge in [-0.05, 0) is 31.5 Å². The van der Waals surface area contributed by atoms with Crippen LogP contribution in [0, 0.1) is 31.0 Å². The highest BCUT2D eigenvalue weighted by Crippen LogP contribution is 2.26. The number of piperazine rings is 1. The van der Waals surface area contributed by atoms with Gasteiger partial charge in [-0.15, -0.1) is 11.3 Å². The summed E-state index contributed by atoms with van der Waals surface area (Å²) in [6, 6.07) is 6.51. The summed E-state index contributed by atoms with van der Waals surface area (Å²) in [5.74, 6) is -0.574. The molecule has 2 aromatic heterocycles. The van der Waals surface area contributed by atoms with Gasteiger partial charge >= 0.3 is 0 Å². The van der Waals surface area contributed by atoms with Crippen molar-refractivity contribution >= 4 is 33.1 Å². The zero-order valence-corrected chi connectivity index (χ0v) is 18.2. The lowest BCUT2D eigenvalue weighted by Crippen LogP contribution is -2.49. The van der Waals surface area contributed by atoms with Crippen LogP contribution in [0.15, 0.2) is 29.3 Å². The van der Waals surface area contributed by atoms with Gasteiger partial charge in [0.15, 0.2) is 0 Å². The van der Waals surface area contributed by atoms with Gasteiger partial charge in [-0.3, -0.25) is 14.2 Å². The van der Waals surface area contributed by atoms with Gasteiger partial charge in [0.25, 0.3) is 5.56 Å². The van der Waals surface area contributed by atoms with E-state index in [0.717, 1.165) is 15.3 Å². The third-order valence-corrected chi connectivity index (χ3v) is 6.91. The summed E-state index contributed by atoms with van der Waals surface area (Å²) >= 11 is 1.50. The van der Waals surface area contributed by atoms with E-state index in [-0.39, 0.29) is 30.0 Å². The van der Waals surface area contributed by atoms with E-state index in [9.17, 15) is 19.2 Å². The van der Waals surface area contributed by atoms with Crippen LogP contribution in [0.2, 0.25) is 0 Å². The van der Waals surface area contributed by atoms with Crippen LogP contribution < -0.4 is 10.5 Å². The Bertz CT molecular complexity index is 1250. The predicted octanol–water partition coefficient (Wildman–Crippen LogP) is 2.82. The summed E-state index contributed by atoms with van der Waals surface area (Å²) in [4.78, 5) is 35.3. The zero-order chi connectivity index (χ0) is 22.1. The molecule has 9 heteroatoms. The van der Waals surface area contributed by atoms with E-state index in [2.05, 4.69) is 4.98 Å². The van der Waals surface area contributed by atoms with Gasteiger partial charge in [0.2, 0.25) is 5.91 Å². The number of fused-ring (bicyclic) bond motifs is 1. The smallest absolute Gasteiger partial charge is 0.262 e. The van der Waals surface area contributed by atoms with Crippen molar-refractivity contribution in [3.05, 3.63) is 56.7 Å². The van der Waals surface area contributed by atoms with Crippen LogP contribution in [-0.4, -0.2) is 46.5 Å². The summed E-state index contributed by atoms with van der Waals surface area (Å²) in [6.07, 6.45) is 1.72. The molecule has 0 saturated carbocycles. The topological polar surface area (TPSA) is 82.2 Å². The molecular weight excluding hydrogens is 417 g/mol. The monoisotopic (exact) mass is 439 g/mol. The fraction of sp³-hybridized carbons (Fsp3) is 0.364. The van der Waals surface area contributed by atoms with E-state index in [1.54, 1.807) is 17.0 Å². The molecule has 1 amide bonds. The number of hydrogen-bond donors (Lipinski definition) is 0. The fourth-order valence-corrected chi connectivity index (χ4v) is 4.87. The highest BCUT2D eigenvalue weighted by atomic mass is 32.1. The normalized spacial score (nSPS) is 14.1. The van der Waals surface area contributed by atoms with Gasteiger partial charge in [0, 0.05) is 44.0 Å². The summed E-state index contributed by atoms with van der Waals surface area (Å²) in [6.45, 7) is 6.16. The number of nitrogens with zero attached hydrogens (tertiary/aromatic N) is 5. The maximum atomic E-state index is 13.9. The molecule has 0 aliphatic carbocycles. The van der Waals surface area contributed by atoms with Gasteiger partial charge in [-0.25, -0.2) is 9.37 Å². The van der Waals surface area contributed by atoms with Crippen molar-refractivity contribution in [2.75, 3.05) is 31.1 Å². The number of benzene rings is 1. The minimum Gasteiger partial charge on any atom is -0.367 e. The molecule has 7 nitrogen and oxygen atoms in total. The second-order valence-corrected chi connectivity index (χ2v) is 8.77. The van der Waals surface area contributed by atoms with Crippen molar-refractivity contribution in [3.63, 3.8) is 0 Å². The van der Waals surface area contributed by atoms with Crippen molar-refractivity contribution in [2.45, 2.75) is 26.8 Å². The molecule has 31 heavy (non-hydrogen) atoms. The first-order valence-corrected chi connectivity index (χ1v) is 10.9. The van der Waals surface area contributed by atoms with Crippen LogP contribution in [0.3, 0.4) is 0 Å². The van der Waals surface area contributed by atoms with Gasteiger partial charge in [0.05, 0.1) is 17.4 Å². The highest BCUT2D eigenvalue weighted by molar-refractivity contribution is 7.18. The second kappa shape index (κ2) is 8.47. The number of aromatic nitrogens is 2. The van der Waals surface area contributed by atoms with E-state index < -0.39 is 5.82 Å². The van der Waals surface area contributed by atoms with Crippen molar-refractivity contribution in [1.29, 1.82) is 5.26 Å². The van der Waals surface area contributed by atoms with E-state index in [1.807, 2.05) is 24.8 Å². The molecule has 0 radical (unpaired) electrons. The van der Waals surface area contributed by atoms with Crippen LogP contribution in [0.1, 0.15) is 22.4 Å². The molecule has 160 valence electrons. The molecule has 3 aromatic rings. The quantitative estimate of drug-likeness (QED) is 0.624. The third kappa shape index (κ3) is 3.91. The summed E-state index contributed by atoms with van der Waals surface area (Å²) in [5, 5.41) is 9.88. The van der Waals surface area contributed by atoms with E-state index in [1.165, 1.54) is 28.3 Å². The average molecular weight is 440 g/mol. The first kappa shape index (κ1) is 21.0. The number of rotatable bonds is 4. The lowest BCUT2D eigenvalue weighted by Gasteiger charge is -2.36. The van der Waals surface area contributed by atoms with E-state index in [4.69, 9.17) is 0 Å². The molecule has 0 bridgehead atoms. The lowest BCUT2D eigenvalue weighted by atomic mass is 10.1. The number of aryl methyl sites for hydroxylation is 3. The number of amides is 1. The van der Waals surface area contributed by atoms with E-state index >= 15 is 0 Å².